The molecule has 0 aliphatic carbocycles. The summed E-state index contributed by atoms with van der Waals surface area (Å²) in [7, 11) is 0. The highest BCUT2D eigenvalue weighted by atomic mass is 127. The summed E-state index contributed by atoms with van der Waals surface area (Å²) in [4.78, 5) is 0. The lowest BCUT2D eigenvalue weighted by Gasteiger charge is -2.11. The lowest BCUT2D eigenvalue weighted by molar-refractivity contribution is 0.292. The summed E-state index contributed by atoms with van der Waals surface area (Å²) in [6.07, 6.45) is 0. The topological polar surface area (TPSA) is 12.5 Å². The van der Waals surface area contributed by atoms with E-state index in [1.165, 1.54) is 5.56 Å². The van der Waals surface area contributed by atoms with Crippen LogP contribution < -0.4 is 0 Å². The van der Waals surface area contributed by atoms with Gasteiger partial charge in [-0.15, -0.1) is 0 Å². The molecule has 0 radical (unpaired) electrons. The number of halogens is 1. The Labute approximate surface area is 92.6 Å². The molecule has 0 aromatic heterocycles. The molecule has 2 heteroatoms. The first-order chi connectivity index (χ1) is 6.12. The zero-order valence-corrected chi connectivity index (χ0v) is 10.0. The van der Waals surface area contributed by atoms with E-state index >= 15 is 0 Å². The normalized spacial score (nSPS) is 30.1. The van der Waals surface area contributed by atoms with Crippen LogP contribution in [0.4, 0.5) is 0 Å². The van der Waals surface area contributed by atoms with E-state index in [-0.39, 0.29) is 11.2 Å². The van der Waals surface area contributed by atoms with E-state index in [1.807, 2.05) is 6.07 Å². The molecule has 13 heavy (non-hydrogen) atoms. The highest BCUT2D eigenvalue weighted by molar-refractivity contribution is 14.1. The van der Waals surface area contributed by atoms with Crippen LogP contribution in [0.3, 0.4) is 0 Å². The molecule has 1 atom stereocenters. The number of epoxide rings is 1. The summed E-state index contributed by atoms with van der Waals surface area (Å²) >= 11 is 2.40. The maximum atomic E-state index is 5.82. The fraction of sp³-hybridized carbons (Fsp3) is 0.455. The minimum absolute atomic E-state index is 0.00947. The second kappa shape index (κ2) is 2.95. The molecule has 1 aliphatic heterocycles. The van der Waals surface area contributed by atoms with Crippen LogP contribution in [0.2, 0.25) is 0 Å². The average Bonchev–Trinajstić information content (AvgIpc) is 2.72. The van der Waals surface area contributed by atoms with Gasteiger partial charge in [0.05, 0.1) is 5.60 Å². The van der Waals surface area contributed by atoms with Crippen molar-refractivity contribution in [3.63, 3.8) is 0 Å². The second-order valence-corrected chi connectivity index (χ2v) is 4.70. The fourth-order valence-corrected chi connectivity index (χ4v) is 3.30. The number of rotatable bonds is 2. The third-order valence-electron chi connectivity index (χ3n) is 2.79. The van der Waals surface area contributed by atoms with Gasteiger partial charge < -0.3 is 4.74 Å². The van der Waals surface area contributed by atoms with Crippen molar-refractivity contribution in [2.24, 2.45) is 0 Å². The van der Waals surface area contributed by atoms with Crippen LogP contribution in [0.15, 0.2) is 30.3 Å². The maximum absolute atomic E-state index is 5.82. The first-order valence-electron chi connectivity index (χ1n) is 4.44. The van der Waals surface area contributed by atoms with Crippen LogP contribution in [-0.4, -0.2) is 10.0 Å². The predicted molar refractivity (Wildman–Crippen MR) is 62.2 cm³/mol. The Balaban J connectivity index is 2.37. The smallest absolute Gasteiger partial charge is 0.131 e. The van der Waals surface area contributed by atoms with Crippen LogP contribution >= 0.6 is 22.6 Å². The third-order valence-corrected chi connectivity index (χ3v) is 3.86. The SMILES string of the molecule is CC1(C)O[C@@]1(CI)c1ccccc1. The van der Waals surface area contributed by atoms with E-state index in [0.717, 1.165) is 4.43 Å². The lowest BCUT2D eigenvalue weighted by atomic mass is 9.90. The Morgan fingerprint density at radius 3 is 2.15 bits per heavy atom. The fourth-order valence-electron chi connectivity index (χ4n) is 1.79. The van der Waals surface area contributed by atoms with Gasteiger partial charge in [0.1, 0.15) is 5.60 Å². The Kier molecular flexibility index (Phi) is 2.15. The molecule has 1 saturated heterocycles. The molecule has 1 fully saturated rings. The summed E-state index contributed by atoms with van der Waals surface area (Å²) in [5.74, 6) is 0. The van der Waals surface area contributed by atoms with Gasteiger partial charge in [0.2, 0.25) is 0 Å². The molecule has 1 aliphatic rings. The molecule has 0 spiro atoms. The van der Waals surface area contributed by atoms with Gasteiger partial charge in [0.15, 0.2) is 0 Å². The zero-order valence-electron chi connectivity index (χ0n) is 7.88. The molecular formula is C11H13IO. The third kappa shape index (κ3) is 1.31. The van der Waals surface area contributed by atoms with Gasteiger partial charge in [-0.05, 0) is 19.4 Å². The molecule has 0 N–H and O–H groups in total. The highest BCUT2D eigenvalue weighted by Gasteiger charge is 2.63. The van der Waals surface area contributed by atoms with E-state index in [4.69, 9.17) is 4.74 Å². The van der Waals surface area contributed by atoms with E-state index in [2.05, 4.69) is 60.7 Å². The first-order valence-corrected chi connectivity index (χ1v) is 5.97. The van der Waals surface area contributed by atoms with Gasteiger partial charge in [-0.2, -0.15) is 0 Å². The summed E-state index contributed by atoms with van der Waals surface area (Å²) < 4.78 is 6.84. The number of alkyl halides is 1. The molecule has 1 aromatic rings. The van der Waals surface area contributed by atoms with Crippen molar-refractivity contribution in [3.8, 4) is 0 Å². The van der Waals surface area contributed by atoms with Crippen LogP contribution in [-0.2, 0) is 10.3 Å². The molecule has 0 amide bonds. The van der Waals surface area contributed by atoms with Gasteiger partial charge in [-0.1, -0.05) is 52.9 Å². The zero-order chi connectivity index (χ0) is 9.53. The number of ether oxygens (including phenoxy) is 1. The Morgan fingerprint density at radius 2 is 1.77 bits per heavy atom. The summed E-state index contributed by atoms with van der Waals surface area (Å²) in [5.41, 5.74) is 1.28. The minimum atomic E-state index is -0.0329. The summed E-state index contributed by atoms with van der Waals surface area (Å²) in [5, 5.41) is 0. The lowest BCUT2D eigenvalue weighted by Crippen LogP contribution is -2.19. The Bertz CT molecular complexity index is 307. The van der Waals surface area contributed by atoms with Crippen LogP contribution in [0.5, 0.6) is 0 Å². The predicted octanol–water partition coefficient (Wildman–Crippen LogP) is 3.13. The number of benzene rings is 1. The van der Waals surface area contributed by atoms with E-state index in [0.29, 0.717) is 0 Å². The molecule has 0 bridgehead atoms. The maximum Gasteiger partial charge on any atom is 0.131 e. The minimum Gasteiger partial charge on any atom is -0.357 e. The molecule has 1 aromatic carbocycles. The highest BCUT2D eigenvalue weighted by Crippen LogP contribution is 2.56. The monoisotopic (exact) mass is 288 g/mol. The van der Waals surface area contributed by atoms with E-state index < -0.39 is 0 Å². The van der Waals surface area contributed by atoms with Crippen LogP contribution in [0, 0.1) is 0 Å². The van der Waals surface area contributed by atoms with Crippen molar-refractivity contribution in [1.29, 1.82) is 0 Å². The molecule has 0 unspecified atom stereocenters. The number of hydrogen-bond donors (Lipinski definition) is 0. The summed E-state index contributed by atoms with van der Waals surface area (Å²) in [6.45, 7) is 4.30. The van der Waals surface area contributed by atoms with Gasteiger partial charge >= 0.3 is 0 Å². The van der Waals surface area contributed by atoms with E-state index in [1.54, 1.807) is 0 Å². The van der Waals surface area contributed by atoms with Crippen LogP contribution in [0.1, 0.15) is 19.4 Å². The van der Waals surface area contributed by atoms with Crippen molar-refractivity contribution in [2.45, 2.75) is 25.0 Å². The molecule has 1 heterocycles. The quantitative estimate of drug-likeness (QED) is 0.463. The van der Waals surface area contributed by atoms with Crippen LogP contribution in [0.25, 0.3) is 0 Å². The van der Waals surface area contributed by atoms with E-state index in [9.17, 15) is 0 Å². The number of hydrogen-bond acceptors (Lipinski definition) is 1. The molecule has 1 nitrogen and oxygen atoms in total. The molecule has 2 rings (SSSR count). The molecular weight excluding hydrogens is 275 g/mol. The molecule has 0 saturated carbocycles. The van der Waals surface area contributed by atoms with Crippen molar-refractivity contribution < 1.29 is 4.74 Å². The summed E-state index contributed by atoms with van der Waals surface area (Å²) in [6, 6.07) is 10.5. The van der Waals surface area contributed by atoms with Gasteiger partial charge in [0.25, 0.3) is 0 Å². The van der Waals surface area contributed by atoms with Gasteiger partial charge in [0, 0.05) is 4.43 Å². The Hall–Kier alpha value is -0.0900. The van der Waals surface area contributed by atoms with Gasteiger partial charge in [-0.3, -0.25) is 0 Å². The van der Waals surface area contributed by atoms with Crippen molar-refractivity contribution >= 4 is 22.6 Å². The largest absolute Gasteiger partial charge is 0.357 e. The van der Waals surface area contributed by atoms with Crippen molar-refractivity contribution in [3.05, 3.63) is 35.9 Å². The second-order valence-electron chi connectivity index (χ2n) is 3.94. The first kappa shape index (κ1) is 9.46. The Morgan fingerprint density at radius 1 is 1.23 bits per heavy atom. The van der Waals surface area contributed by atoms with Crippen molar-refractivity contribution in [2.75, 3.05) is 4.43 Å². The van der Waals surface area contributed by atoms with Gasteiger partial charge in [-0.25, -0.2) is 0 Å². The standard InChI is InChI=1S/C11H13IO/c1-10(2)11(8-12,13-10)9-6-4-3-5-7-9/h3-7H,8H2,1-2H3/t11-/m0/s1. The van der Waals surface area contributed by atoms with Crippen molar-refractivity contribution in [1.82, 2.24) is 0 Å². The average molecular weight is 288 g/mol. The molecule has 70 valence electrons.